The SMILES string of the molecule is Cc1c(NC[C@@H]([C@@H]2CCOC2)N2CCOCC2)cc(C#N)cc1[N+](=O)[O-]. The van der Waals surface area contributed by atoms with E-state index in [0.717, 1.165) is 45.9 Å². The Bertz CT molecular complexity index is 691. The van der Waals surface area contributed by atoms with E-state index in [-0.39, 0.29) is 17.3 Å². The Hall–Kier alpha value is -2.21. The van der Waals surface area contributed by atoms with E-state index in [2.05, 4.69) is 10.2 Å². The lowest BCUT2D eigenvalue weighted by molar-refractivity contribution is -0.385. The van der Waals surface area contributed by atoms with Gasteiger partial charge in [-0.2, -0.15) is 5.26 Å². The predicted octanol–water partition coefficient (Wildman–Crippen LogP) is 1.92. The van der Waals surface area contributed by atoms with Crippen LogP contribution in [0.15, 0.2) is 12.1 Å². The molecule has 140 valence electrons. The van der Waals surface area contributed by atoms with Crippen LogP contribution in [0.3, 0.4) is 0 Å². The normalized spacial score (nSPS) is 21.9. The fourth-order valence-electron chi connectivity index (χ4n) is 3.71. The molecule has 0 aliphatic carbocycles. The average Bonchev–Trinajstić information content (AvgIpc) is 3.18. The van der Waals surface area contributed by atoms with Gasteiger partial charge in [0, 0.05) is 55.5 Å². The van der Waals surface area contributed by atoms with Crippen molar-refractivity contribution in [2.24, 2.45) is 5.92 Å². The summed E-state index contributed by atoms with van der Waals surface area (Å²) in [6.45, 7) is 7.07. The first-order valence-electron chi connectivity index (χ1n) is 8.92. The van der Waals surface area contributed by atoms with Crippen molar-refractivity contribution in [3.05, 3.63) is 33.4 Å². The van der Waals surface area contributed by atoms with E-state index in [1.54, 1.807) is 13.0 Å². The third-order valence-corrected chi connectivity index (χ3v) is 5.23. The molecule has 2 fully saturated rings. The Balaban J connectivity index is 1.79. The molecule has 26 heavy (non-hydrogen) atoms. The molecule has 1 aromatic carbocycles. The zero-order valence-corrected chi connectivity index (χ0v) is 14.9. The summed E-state index contributed by atoms with van der Waals surface area (Å²) in [4.78, 5) is 13.2. The summed E-state index contributed by atoms with van der Waals surface area (Å²) in [6, 6.07) is 5.28. The Morgan fingerprint density at radius 1 is 1.38 bits per heavy atom. The standard InChI is InChI=1S/C18H24N4O4/c1-13-16(8-14(10-19)9-17(13)22(23)24)20-11-18(15-2-5-26-12-15)21-3-6-25-7-4-21/h8-9,15,18,20H,2-7,11-12H2,1H3/t15-,18+/m1/s1. The summed E-state index contributed by atoms with van der Waals surface area (Å²) in [5.41, 5.74) is 1.46. The number of hydrogen-bond donors (Lipinski definition) is 1. The van der Waals surface area contributed by atoms with Crippen LogP contribution in [0.1, 0.15) is 17.5 Å². The Kier molecular flexibility index (Phi) is 6.04. The van der Waals surface area contributed by atoms with Gasteiger partial charge in [-0.1, -0.05) is 0 Å². The van der Waals surface area contributed by atoms with E-state index in [1.807, 2.05) is 6.07 Å². The molecule has 0 bridgehead atoms. The molecule has 0 spiro atoms. The van der Waals surface area contributed by atoms with Gasteiger partial charge < -0.3 is 14.8 Å². The minimum Gasteiger partial charge on any atom is -0.383 e. The number of rotatable bonds is 6. The van der Waals surface area contributed by atoms with Crippen LogP contribution in [0, 0.1) is 34.3 Å². The third-order valence-electron chi connectivity index (χ3n) is 5.23. The van der Waals surface area contributed by atoms with Crippen LogP contribution >= 0.6 is 0 Å². The number of anilines is 1. The Morgan fingerprint density at radius 3 is 2.77 bits per heavy atom. The minimum absolute atomic E-state index is 0.0290. The van der Waals surface area contributed by atoms with E-state index in [1.165, 1.54) is 6.07 Å². The van der Waals surface area contributed by atoms with Crippen molar-refractivity contribution in [2.75, 3.05) is 51.4 Å². The second-order valence-corrected chi connectivity index (χ2v) is 6.76. The number of nitro benzene ring substituents is 1. The maximum Gasteiger partial charge on any atom is 0.275 e. The molecule has 1 aromatic rings. The largest absolute Gasteiger partial charge is 0.383 e. The molecule has 8 nitrogen and oxygen atoms in total. The van der Waals surface area contributed by atoms with Crippen LogP contribution in [0.2, 0.25) is 0 Å². The highest BCUT2D eigenvalue weighted by atomic mass is 16.6. The highest BCUT2D eigenvalue weighted by molar-refractivity contribution is 5.64. The fraction of sp³-hybridized carbons (Fsp3) is 0.611. The Labute approximate surface area is 152 Å². The zero-order valence-electron chi connectivity index (χ0n) is 14.9. The van der Waals surface area contributed by atoms with Gasteiger partial charge in [-0.3, -0.25) is 15.0 Å². The summed E-state index contributed by atoms with van der Waals surface area (Å²) in [7, 11) is 0. The van der Waals surface area contributed by atoms with E-state index < -0.39 is 4.92 Å². The lowest BCUT2D eigenvalue weighted by Gasteiger charge is -2.37. The lowest BCUT2D eigenvalue weighted by Crippen LogP contribution is -2.50. The van der Waals surface area contributed by atoms with Crippen LogP contribution < -0.4 is 5.32 Å². The average molecular weight is 360 g/mol. The molecule has 2 aliphatic heterocycles. The number of benzene rings is 1. The number of morpholine rings is 1. The summed E-state index contributed by atoms with van der Waals surface area (Å²) in [6.07, 6.45) is 1.01. The van der Waals surface area contributed by atoms with Gasteiger partial charge in [-0.05, 0) is 19.4 Å². The number of nitriles is 1. The summed E-state index contributed by atoms with van der Waals surface area (Å²) in [5.74, 6) is 0.426. The van der Waals surface area contributed by atoms with Gasteiger partial charge in [0.2, 0.25) is 0 Å². The summed E-state index contributed by atoms with van der Waals surface area (Å²) < 4.78 is 11.0. The second kappa shape index (κ2) is 8.45. The first-order valence-corrected chi connectivity index (χ1v) is 8.92. The van der Waals surface area contributed by atoms with Crippen molar-refractivity contribution in [3.63, 3.8) is 0 Å². The third kappa shape index (κ3) is 4.12. The smallest absolute Gasteiger partial charge is 0.275 e. The number of ether oxygens (including phenoxy) is 2. The van der Waals surface area contributed by atoms with Crippen LogP contribution in [0.25, 0.3) is 0 Å². The molecule has 2 atom stereocenters. The van der Waals surface area contributed by atoms with Crippen molar-refractivity contribution in [1.29, 1.82) is 5.26 Å². The van der Waals surface area contributed by atoms with Crippen molar-refractivity contribution >= 4 is 11.4 Å². The van der Waals surface area contributed by atoms with Gasteiger partial charge in [0.05, 0.1) is 36.4 Å². The van der Waals surface area contributed by atoms with Crippen LogP contribution in [0.5, 0.6) is 0 Å². The quantitative estimate of drug-likeness (QED) is 0.611. The number of nitro groups is 1. The van der Waals surface area contributed by atoms with Crippen molar-refractivity contribution in [1.82, 2.24) is 4.90 Å². The monoisotopic (exact) mass is 360 g/mol. The molecule has 3 rings (SSSR count). The number of nitrogens with one attached hydrogen (secondary N) is 1. The van der Waals surface area contributed by atoms with Gasteiger partial charge in [0.25, 0.3) is 5.69 Å². The van der Waals surface area contributed by atoms with Gasteiger partial charge in [0.1, 0.15) is 0 Å². The first kappa shape index (κ1) is 18.6. The van der Waals surface area contributed by atoms with Crippen molar-refractivity contribution < 1.29 is 14.4 Å². The van der Waals surface area contributed by atoms with Gasteiger partial charge in [-0.25, -0.2) is 0 Å². The van der Waals surface area contributed by atoms with Crippen LogP contribution in [0.4, 0.5) is 11.4 Å². The fourth-order valence-corrected chi connectivity index (χ4v) is 3.71. The molecule has 8 heteroatoms. The maximum atomic E-state index is 11.3. The molecular formula is C18H24N4O4. The van der Waals surface area contributed by atoms with E-state index in [9.17, 15) is 15.4 Å². The molecule has 1 N–H and O–H groups in total. The lowest BCUT2D eigenvalue weighted by atomic mass is 9.96. The highest BCUT2D eigenvalue weighted by Crippen LogP contribution is 2.29. The molecule has 0 amide bonds. The topological polar surface area (TPSA) is 101 Å². The van der Waals surface area contributed by atoms with Crippen LogP contribution in [-0.4, -0.2) is 61.9 Å². The molecule has 0 saturated carbocycles. The Morgan fingerprint density at radius 2 is 2.15 bits per heavy atom. The summed E-state index contributed by atoms with van der Waals surface area (Å²) >= 11 is 0. The summed E-state index contributed by atoms with van der Waals surface area (Å²) in [5, 5.41) is 23.8. The van der Waals surface area contributed by atoms with E-state index >= 15 is 0 Å². The molecule has 0 aromatic heterocycles. The molecule has 0 unspecified atom stereocenters. The minimum atomic E-state index is -0.439. The molecular weight excluding hydrogens is 336 g/mol. The van der Waals surface area contributed by atoms with Crippen molar-refractivity contribution in [2.45, 2.75) is 19.4 Å². The van der Waals surface area contributed by atoms with E-state index in [4.69, 9.17) is 9.47 Å². The van der Waals surface area contributed by atoms with Gasteiger partial charge in [-0.15, -0.1) is 0 Å². The molecule has 0 radical (unpaired) electrons. The molecule has 2 saturated heterocycles. The molecule has 2 heterocycles. The van der Waals surface area contributed by atoms with Crippen molar-refractivity contribution in [3.8, 4) is 6.07 Å². The van der Waals surface area contributed by atoms with Gasteiger partial charge >= 0.3 is 0 Å². The number of hydrogen-bond acceptors (Lipinski definition) is 7. The van der Waals surface area contributed by atoms with Crippen LogP contribution in [-0.2, 0) is 9.47 Å². The highest BCUT2D eigenvalue weighted by Gasteiger charge is 2.31. The zero-order chi connectivity index (χ0) is 18.5. The maximum absolute atomic E-state index is 11.3. The predicted molar refractivity (Wildman–Crippen MR) is 96.1 cm³/mol. The second-order valence-electron chi connectivity index (χ2n) is 6.76. The first-order chi connectivity index (χ1) is 12.6. The molecule has 2 aliphatic rings. The van der Waals surface area contributed by atoms with E-state index in [0.29, 0.717) is 23.7 Å². The number of nitrogens with zero attached hydrogens (tertiary/aromatic N) is 3. The van der Waals surface area contributed by atoms with Gasteiger partial charge in [0.15, 0.2) is 0 Å².